The zero-order valence-corrected chi connectivity index (χ0v) is 20.0. The van der Waals surface area contributed by atoms with E-state index in [4.69, 9.17) is 21.3 Å². The molecule has 5 rings (SSSR count). The lowest BCUT2D eigenvalue weighted by molar-refractivity contribution is -0.136. The molecule has 3 atom stereocenters. The first-order valence-corrected chi connectivity index (χ1v) is 12.0. The van der Waals surface area contributed by atoms with Crippen molar-refractivity contribution in [3.05, 3.63) is 60.9 Å². The SMILES string of the molecule is CC(O)[C@@H](N)C(=O)N1CCC[C@@H](n2nc(-c3ccc(Oc4ccccc4)cc3)c3c(N)ncnc32)C1. The minimum atomic E-state index is -0.955. The summed E-state index contributed by atoms with van der Waals surface area (Å²) >= 11 is 0. The predicted octanol–water partition coefficient (Wildman–Crippen LogP) is 2.74. The first-order chi connectivity index (χ1) is 17.4. The molecular weight excluding hydrogens is 458 g/mol. The quantitative estimate of drug-likeness (QED) is 0.376. The monoisotopic (exact) mass is 487 g/mol. The normalized spacial score (nSPS) is 17.6. The number of ether oxygens (including phenoxy) is 1. The number of carbonyl (C=O) groups is 1. The van der Waals surface area contributed by atoms with Gasteiger partial charge in [-0.15, -0.1) is 0 Å². The van der Waals surface area contributed by atoms with Crippen LogP contribution in [0.2, 0.25) is 0 Å². The molecule has 1 unspecified atom stereocenters. The van der Waals surface area contributed by atoms with Crippen molar-refractivity contribution in [3.63, 3.8) is 0 Å². The first kappa shape index (κ1) is 23.7. The van der Waals surface area contributed by atoms with Gasteiger partial charge in [-0.2, -0.15) is 5.10 Å². The zero-order chi connectivity index (χ0) is 25.2. The summed E-state index contributed by atoms with van der Waals surface area (Å²) in [4.78, 5) is 23.1. The van der Waals surface area contributed by atoms with Crippen molar-refractivity contribution in [3.8, 4) is 22.8 Å². The van der Waals surface area contributed by atoms with Gasteiger partial charge < -0.3 is 26.2 Å². The lowest BCUT2D eigenvalue weighted by Crippen LogP contribution is -2.52. The molecule has 0 radical (unpaired) electrons. The minimum Gasteiger partial charge on any atom is -0.457 e. The van der Waals surface area contributed by atoms with Gasteiger partial charge in [0.2, 0.25) is 5.91 Å². The summed E-state index contributed by atoms with van der Waals surface area (Å²) in [5.41, 5.74) is 14.3. The number of carbonyl (C=O) groups excluding carboxylic acids is 1. The van der Waals surface area contributed by atoms with E-state index in [1.807, 2.05) is 59.3 Å². The molecule has 1 fully saturated rings. The van der Waals surface area contributed by atoms with Crippen LogP contribution in [0, 0.1) is 0 Å². The summed E-state index contributed by atoms with van der Waals surface area (Å²) in [5.74, 6) is 1.53. The molecule has 1 aliphatic rings. The summed E-state index contributed by atoms with van der Waals surface area (Å²) in [6.45, 7) is 2.53. The molecule has 1 amide bonds. The van der Waals surface area contributed by atoms with Crippen LogP contribution in [0.25, 0.3) is 22.3 Å². The summed E-state index contributed by atoms with van der Waals surface area (Å²) in [5, 5.41) is 15.3. The summed E-state index contributed by atoms with van der Waals surface area (Å²) in [7, 11) is 0. The maximum Gasteiger partial charge on any atom is 0.242 e. The molecule has 0 saturated carbocycles. The summed E-state index contributed by atoms with van der Waals surface area (Å²) < 4.78 is 7.75. The Morgan fingerprint density at radius 2 is 1.83 bits per heavy atom. The van der Waals surface area contributed by atoms with Crippen LogP contribution in [-0.2, 0) is 4.79 Å². The Hall–Kier alpha value is -4.02. The average molecular weight is 488 g/mol. The molecular formula is C26H29N7O3. The highest BCUT2D eigenvalue weighted by molar-refractivity contribution is 5.98. The third kappa shape index (κ3) is 4.60. The van der Waals surface area contributed by atoms with Gasteiger partial charge in [0, 0.05) is 18.7 Å². The van der Waals surface area contributed by atoms with Crippen molar-refractivity contribution in [1.29, 1.82) is 0 Å². The highest BCUT2D eigenvalue weighted by Crippen LogP contribution is 2.35. The number of aromatic nitrogens is 4. The number of nitrogens with zero attached hydrogens (tertiary/aromatic N) is 5. The smallest absolute Gasteiger partial charge is 0.242 e. The standard InChI is InChI=1S/C26H29N7O3/c1-16(34)22(27)26(35)32-13-5-6-18(14-32)33-25-21(24(28)29-15-30-25)23(31-33)17-9-11-20(12-10-17)36-19-7-3-2-4-8-19/h2-4,7-12,15-16,18,22,34H,5-6,13-14,27H2,1H3,(H2,28,29,30)/t16?,18-,22-/m1/s1. The van der Waals surface area contributed by atoms with E-state index in [0.29, 0.717) is 41.4 Å². The Morgan fingerprint density at radius 1 is 1.11 bits per heavy atom. The number of nitrogen functional groups attached to an aromatic ring is 1. The fourth-order valence-corrected chi connectivity index (χ4v) is 4.53. The number of para-hydroxylation sites is 1. The summed E-state index contributed by atoms with van der Waals surface area (Å²) in [6, 6.07) is 16.1. The minimum absolute atomic E-state index is 0.116. The number of hydrogen-bond donors (Lipinski definition) is 3. The molecule has 10 heteroatoms. The van der Waals surface area contributed by atoms with Crippen molar-refractivity contribution >= 4 is 22.8 Å². The van der Waals surface area contributed by atoms with Gasteiger partial charge in [0.1, 0.15) is 35.4 Å². The fraction of sp³-hybridized carbons (Fsp3) is 0.308. The molecule has 36 heavy (non-hydrogen) atoms. The van der Waals surface area contributed by atoms with Gasteiger partial charge in [0.15, 0.2) is 5.65 Å². The number of benzene rings is 2. The molecule has 1 saturated heterocycles. The van der Waals surface area contributed by atoms with E-state index in [1.54, 1.807) is 4.90 Å². The van der Waals surface area contributed by atoms with Gasteiger partial charge >= 0.3 is 0 Å². The molecule has 0 bridgehead atoms. The molecule has 0 spiro atoms. The van der Waals surface area contributed by atoms with Gasteiger partial charge in [-0.1, -0.05) is 18.2 Å². The number of aliphatic hydroxyl groups is 1. The van der Waals surface area contributed by atoms with Crippen LogP contribution < -0.4 is 16.2 Å². The number of anilines is 1. The van der Waals surface area contributed by atoms with Crippen LogP contribution in [0.15, 0.2) is 60.9 Å². The van der Waals surface area contributed by atoms with Crippen LogP contribution in [0.4, 0.5) is 5.82 Å². The van der Waals surface area contributed by atoms with Crippen molar-refractivity contribution in [2.45, 2.75) is 38.0 Å². The number of aliphatic hydroxyl groups excluding tert-OH is 1. The Bertz CT molecular complexity index is 1360. The van der Waals surface area contributed by atoms with Gasteiger partial charge in [0.05, 0.1) is 17.5 Å². The van der Waals surface area contributed by atoms with E-state index < -0.39 is 12.1 Å². The molecule has 1 aliphatic heterocycles. The number of rotatable bonds is 6. The van der Waals surface area contributed by atoms with Crippen LogP contribution >= 0.6 is 0 Å². The number of hydrogen-bond acceptors (Lipinski definition) is 8. The predicted molar refractivity (Wildman–Crippen MR) is 136 cm³/mol. The number of nitrogens with two attached hydrogens (primary N) is 2. The van der Waals surface area contributed by atoms with E-state index in [0.717, 1.165) is 24.2 Å². The number of amides is 1. The number of piperidine rings is 1. The molecule has 3 heterocycles. The Morgan fingerprint density at radius 3 is 2.56 bits per heavy atom. The van der Waals surface area contributed by atoms with Crippen LogP contribution in [0.5, 0.6) is 11.5 Å². The maximum atomic E-state index is 12.8. The summed E-state index contributed by atoms with van der Waals surface area (Å²) in [6.07, 6.45) is 2.10. The zero-order valence-electron chi connectivity index (χ0n) is 20.0. The second-order valence-electron chi connectivity index (χ2n) is 9.04. The first-order valence-electron chi connectivity index (χ1n) is 12.0. The van der Waals surface area contributed by atoms with Gasteiger partial charge in [0.25, 0.3) is 0 Å². The molecule has 2 aromatic carbocycles. The Kier molecular flexibility index (Phi) is 6.53. The van der Waals surface area contributed by atoms with Gasteiger partial charge in [-0.25, -0.2) is 14.6 Å². The van der Waals surface area contributed by atoms with Crippen molar-refractivity contribution in [2.24, 2.45) is 5.73 Å². The second kappa shape index (κ2) is 9.92. The third-order valence-corrected chi connectivity index (χ3v) is 6.48. The van der Waals surface area contributed by atoms with Gasteiger partial charge in [-0.3, -0.25) is 4.79 Å². The molecule has 186 valence electrons. The van der Waals surface area contributed by atoms with E-state index in [9.17, 15) is 9.90 Å². The van der Waals surface area contributed by atoms with E-state index in [1.165, 1.54) is 13.3 Å². The largest absolute Gasteiger partial charge is 0.457 e. The highest BCUT2D eigenvalue weighted by atomic mass is 16.5. The highest BCUT2D eigenvalue weighted by Gasteiger charge is 2.32. The van der Waals surface area contributed by atoms with Crippen molar-refractivity contribution in [2.75, 3.05) is 18.8 Å². The average Bonchev–Trinajstić information content (AvgIpc) is 3.30. The lowest BCUT2D eigenvalue weighted by atomic mass is 10.0. The molecule has 0 aliphatic carbocycles. The second-order valence-corrected chi connectivity index (χ2v) is 9.04. The lowest BCUT2D eigenvalue weighted by Gasteiger charge is -2.34. The van der Waals surface area contributed by atoms with Crippen LogP contribution in [-0.4, -0.2) is 60.9 Å². The molecule has 5 N–H and O–H groups in total. The van der Waals surface area contributed by atoms with Crippen molar-refractivity contribution in [1.82, 2.24) is 24.6 Å². The van der Waals surface area contributed by atoms with Crippen LogP contribution in [0.1, 0.15) is 25.8 Å². The maximum absolute atomic E-state index is 12.8. The van der Waals surface area contributed by atoms with E-state index in [2.05, 4.69) is 9.97 Å². The fourth-order valence-electron chi connectivity index (χ4n) is 4.53. The third-order valence-electron chi connectivity index (χ3n) is 6.48. The van der Waals surface area contributed by atoms with Crippen molar-refractivity contribution < 1.29 is 14.6 Å². The van der Waals surface area contributed by atoms with E-state index >= 15 is 0 Å². The van der Waals surface area contributed by atoms with E-state index in [-0.39, 0.29) is 11.9 Å². The number of likely N-dealkylation sites (tertiary alicyclic amines) is 1. The molecule has 2 aromatic heterocycles. The Labute approximate surface area is 208 Å². The molecule has 4 aromatic rings. The number of fused-ring (bicyclic) bond motifs is 1. The topological polar surface area (TPSA) is 145 Å². The Balaban J connectivity index is 1.46. The molecule has 10 nitrogen and oxygen atoms in total. The van der Waals surface area contributed by atoms with Crippen LogP contribution in [0.3, 0.4) is 0 Å². The van der Waals surface area contributed by atoms with Gasteiger partial charge in [-0.05, 0) is 56.2 Å².